The van der Waals surface area contributed by atoms with E-state index in [4.69, 9.17) is 9.47 Å². The van der Waals surface area contributed by atoms with Gasteiger partial charge in [0, 0.05) is 6.54 Å². The highest BCUT2D eigenvalue weighted by Gasteiger charge is 2.08. The summed E-state index contributed by atoms with van der Waals surface area (Å²) in [6.07, 6.45) is 0. The van der Waals surface area contributed by atoms with E-state index in [0.29, 0.717) is 30.2 Å². The predicted octanol–water partition coefficient (Wildman–Crippen LogP) is 3.19. The molecule has 2 aromatic carbocycles. The number of carbonyl (C=O) groups excluding carboxylic acids is 2. The van der Waals surface area contributed by atoms with Crippen molar-refractivity contribution in [1.82, 2.24) is 5.32 Å². The number of ether oxygens (including phenoxy) is 2. The summed E-state index contributed by atoms with van der Waals surface area (Å²) in [4.78, 5) is 23.5. The molecule has 0 bridgehead atoms. The molecule has 6 heteroatoms. The summed E-state index contributed by atoms with van der Waals surface area (Å²) in [6.45, 7) is 2.44. The van der Waals surface area contributed by atoms with Gasteiger partial charge in [-0.05, 0) is 36.8 Å². The Bertz CT molecular complexity index is 698. The molecule has 0 fully saturated rings. The average Bonchev–Trinajstić information content (AvgIpc) is 2.61. The lowest BCUT2D eigenvalue weighted by Crippen LogP contribution is -2.28. The molecule has 0 aliphatic rings. The number of para-hydroxylation sites is 2. The van der Waals surface area contributed by atoms with Crippen LogP contribution in [0.4, 0.5) is 10.5 Å². The third kappa shape index (κ3) is 4.74. The van der Waals surface area contributed by atoms with E-state index in [0.717, 1.165) is 5.56 Å². The highest BCUT2D eigenvalue weighted by atomic mass is 16.5. The lowest BCUT2D eigenvalue weighted by Gasteiger charge is -2.11. The summed E-state index contributed by atoms with van der Waals surface area (Å²) in [5.41, 5.74) is 1.95. The second kappa shape index (κ2) is 8.57. The first-order valence-electron chi connectivity index (χ1n) is 7.58. The van der Waals surface area contributed by atoms with E-state index in [-0.39, 0.29) is 12.0 Å². The Balaban J connectivity index is 1.88. The maximum absolute atomic E-state index is 12.0. The van der Waals surface area contributed by atoms with Gasteiger partial charge in [-0.25, -0.2) is 9.59 Å². The number of methoxy groups -OCH3 is 1. The van der Waals surface area contributed by atoms with Crippen molar-refractivity contribution in [2.45, 2.75) is 13.5 Å². The van der Waals surface area contributed by atoms with Crippen LogP contribution in [-0.4, -0.2) is 25.7 Å². The fraction of sp³-hybridized carbons (Fsp3) is 0.222. The first kappa shape index (κ1) is 17.3. The molecule has 0 atom stereocenters. The Labute approximate surface area is 140 Å². The molecule has 0 aliphatic carbocycles. The summed E-state index contributed by atoms with van der Waals surface area (Å²) in [5, 5.41) is 5.48. The number of urea groups is 1. The SMILES string of the molecule is CCOC(=O)c1ccc(CNC(=O)Nc2ccccc2OC)cc1. The summed E-state index contributed by atoms with van der Waals surface area (Å²) in [6, 6.07) is 13.7. The van der Waals surface area contributed by atoms with E-state index in [1.807, 2.05) is 12.1 Å². The van der Waals surface area contributed by atoms with Crippen LogP contribution in [0.3, 0.4) is 0 Å². The minimum atomic E-state index is -0.356. The Kier molecular flexibility index (Phi) is 6.19. The van der Waals surface area contributed by atoms with Gasteiger partial charge < -0.3 is 20.1 Å². The van der Waals surface area contributed by atoms with E-state index >= 15 is 0 Å². The van der Waals surface area contributed by atoms with Crippen molar-refractivity contribution in [3.63, 3.8) is 0 Å². The highest BCUT2D eigenvalue weighted by Crippen LogP contribution is 2.22. The molecule has 2 N–H and O–H groups in total. The fourth-order valence-corrected chi connectivity index (χ4v) is 2.07. The Morgan fingerprint density at radius 3 is 2.42 bits per heavy atom. The molecule has 24 heavy (non-hydrogen) atoms. The zero-order valence-corrected chi connectivity index (χ0v) is 13.7. The maximum atomic E-state index is 12.0. The molecule has 0 unspecified atom stereocenters. The van der Waals surface area contributed by atoms with Gasteiger partial charge in [-0.1, -0.05) is 24.3 Å². The smallest absolute Gasteiger partial charge is 0.338 e. The summed E-state index contributed by atoms with van der Waals surface area (Å²) in [7, 11) is 1.55. The van der Waals surface area contributed by atoms with Gasteiger partial charge in [0.25, 0.3) is 0 Å². The van der Waals surface area contributed by atoms with Crippen LogP contribution in [0, 0.1) is 0 Å². The molecule has 2 amide bonds. The molecule has 0 heterocycles. The predicted molar refractivity (Wildman–Crippen MR) is 91.3 cm³/mol. The van der Waals surface area contributed by atoms with Gasteiger partial charge >= 0.3 is 12.0 Å². The molecule has 0 saturated carbocycles. The molecular weight excluding hydrogens is 308 g/mol. The van der Waals surface area contributed by atoms with Crippen molar-refractivity contribution in [3.8, 4) is 5.75 Å². The molecular formula is C18H20N2O4. The molecule has 0 radical (unpaired) electrons. The summed E-state index contributed by atoms with van der Waals surface area (Å²) < 4.78 is 10.1. The largest absolute Gasteiger partial charge is 0.495 e. The van der Waals surface area contributed by atoms with E-state index in [1.54, 1.807) is 50.4 Å². The van der Waals surface area contributed by atoms with Gasteiger partial charge in [-0.15, -0.1) is 0 Å². The van der Waals surface area contributed by atoms with Gasteiger partial charge in [0.2, 0.25) is 0 Å². The molecule has 0 saturated heterocycles. The number of amides is 2. The van der Waals surface area contributed by atoms with E-state index in [2.05, 4.69) is 10.6 Å². The van der Waals surface area contributed by atoms with Gasteiger partial charge in [0.05, 0.1) is 25.0 Å². The number of rotatable bonds is 6. The minimum absolute atomic E-state index is 0.337. The number of nitrogens with one attached hydrogen (secondary N) is 2. The van der Waals surface area contributed by atoms with Crippen LogP contribution in [0.2, 0.25) is 0 Å². The van der Waals surface area contributed by atoms with Crippen molar-refractivity contribution < 1.29 is 19.1 Å². The van der Waals surface area contributed by atoms with Gasteiger partial charge in [0.1, 0.15) is 5.75 Å². The minimum Gasteiger partial charge on any atom is -0.495 e. The third-order valence-electron chi connectivity index (χ3n) is 3.27. The number of hydrogen-bond acceptors (Lipinski definition) is 4. The van der Waals surface area contributed by atoms with Crippen LogP contribution in [-0.2, 0) is 11.3 Å². The first-order chi connectivity index (χ1) is 11.6. The molecule has 2 aromatic rings. The van der Waals surface area contributed by atoms with Crippen molar-refractivity contribution in [2.24, 2.45) is 0 Å². The molecule has 0 aromatic heterocycles. The quantitative estimate of drug-likeness (QED) is 0.799. The molecule has 6 nitrogen and oxygen atoms in total. The number of benzene rings is 2. The van der Waals surface area contributed by atoms with Crippen LogP contribution < -0.4 is 15.4 Å². The van der Waals surface area contributed by atoms with E-state index in [9.17, 15) is 9.59 Å². The zero-order valence-electron chi connectivity index (χ0n) is 13.7. The van der Waals surface area contributed by atoms with Gasteiger partial charge in [-0.3, -0.25) is 0 Å². The number of esters is 1. The van der Waals surface area contributed by atoms with Crippen LogP contribution in [0.5, 0.6) is 5.75 Å². The average molecular weight is 328 g/mol. The maximum Gasteiger partial charge on any atom is 0.338 e. The van der Waals surface area contributed by atoms with Crippen LogP contribution in [0.15, 0.2) is 48.5 Å². The standard InChI is InChI=1S/C18H20N2O4/c1-3-24-17(21)14-10-8-13(9-11-14)12-19-18(22)20-15-6-4-5-7-16(15)23-2/h4-11H,3,12H2,1-2H3,(H2,19,20,22). The van der Waals surface area contributed by atoms with Crippen molar-refractivity contribution in [2.75, 3.05) is 19.0 Å². The molecule has 0 spiro atoms. The Morgan fingerprint density at radius 1 is 1.04 bits per heavy atom. The number of anilines is 1. The third-order valence-corrected chi connectivity index (χ3v) is 3.27. The van der Waals surface area contributed by atoms with E-state index < -0.39 is 0 Å². The van der Waals surface area contributed by atoms with E-state index in [1.165, 1.54) is 0 Å². The monoisotopic (exact) mass is 328 g/mol. The van der Waals surface area contributed by atoms with Crippen molar-refractivity contribution in [1.29, 1.82) is 0 Å². The Morgan fingerprint density at radius 2 is 1.75 bits per heavy atom. The van der Waals surface area contributed by atoms with Crippen LogP contribution >= 0.6 is 0 Å². The normalized spacial score (nSPS) is 9.92. The van der Waals surface area contributed by atoms with Crippen molar-refractivity contribution >= 4 is 17.7 Å². The van der Waals surface area contributed by atoms with Crippen molar-refractivity contribution in [3.05, 3.63) is 59.7 Å². The summed E-state index contributed by atoms with van der Waals surface area (Å²) >= 11 is 0. The highest BCUT2D eigenvalue weighted by molar-refractivity contribution is 5.91. The second-order valence-electron chi connectivity index (χ2n) is 4.93. The lowest BCUT2D eigenvalue weighted by atomic mass is 10.1. The second-order valence-corrected chi connectivity index (χ2v) is 4.93. The Hall–Kier alpha value is -3.02. The van der Waals surface area contributed by atoms with Gasteiger partial charge in [-0.2, -0.15) is 0 Å². The fourth-order valence-electron chi connectivity index (χ4n) is 2.07. The molecule has 0 aliphatic heterocycles. The number of carbonyl (C=O) groups is 2. The van der Waals surface area contributed by atoms with Crippen LogP contribution in [0.1, 0.15) is 22.8 Å². The topological polar surface area (TPSA) is 76.7 Å². The molecule has 2 rings (SSSR count). The first-order valence-corrected chi connectivity index (χ1v) is 7.58. The number of hydrogen-bond donors (Lipinski definition) is 2. The lowest BCUT2D eigenvalue weighted by molar-refractivity contribution is 0.0526. The van der Waals surface area contributed by atoms with Gasteiger partial charge in [0.15, 0.2) is 0 Å². The summed E-state index contributed by atoms with van der Waals surface area (Å²) in [5.74, 6) is 0.234. The van der Waals surface area contributed by atoms with Crippen LogP contribution in [0.25, 0.3) is 0 Å². The molecule has 126 valence electrons. The zero-order chi connectivity index (χ0) is 17.4.